The van der Waals surface area contributed by atoms with E-state index in [-0.39, 0.29) is 18.7 Å². The summed E-state index contributed by atoms with van der Waals surface area (Å²) in [5, 5.41) is 2.89. The molecule has 0 aliphatic rings. The van der Waals surface area contributed by atoms with Gasteiger partial charge >= 0.3 is 0 Å². The zero-order chi connectivity index (χ0) is 27.4. The number of imidazole rings is 1. The average Bonchev–Trinajstić information content (AvgIpc) is 3.61. The largest absolute Gasteiger partial charge is 0.467 e. The monoisotopic (exact) mass is 522 g/mol. The summed E-state index contributed by atoms with van der Waals surface area (Å²) in [7, 11) is 0. The Kier molecular flexibility index (Phi) is 7.36. The van der Waals surface area contributed by atoms with Crippen LogP contribution in [0, 0.1) is 19.7 Å². The molecule has 2 aromatic heterocycles. The highest BCUT2D eigenvalue weighted by Gasteiger charge is 2.22. The second-order valence-electron chi connectivity index (χ2n) is 9.25. The maximum Gasteiger partial charge on any atom is 0.254 e. The summed E-state index contributed by atoms with van der Waals surface area (Å²) in [5.41, 5.74) is 4.96. The van der Waals surface area contributed by atoms with Gasteiger partial charge in [0.25, 0.3) is 5.91 Å². The summed E-state index contributed by atoms with van der Waals surface area (Å²) in [4.78, 5) is 32.7. The molecule has 0 radical (unpaired) electrons. The Morgan fingerprint density at radius 1 is 0.949 bits per heavy atom. The molecule has 39 heavy (non-hydrogen) atoms. The van der Waals surface area contributed by atoms with Crippen LogP contribution < -0.4 is 5.32 Å². The molecule has 196 valence electrons. The van der Waals surface area contributed by atoms with E-state index in [1.54, 1.807) is 12.1 Å². The number of hydrogen-bond acceptors (Lipinski definition) is 4. The molecule has 0 spiro atoms. The van der Waals surface area contributed by atoms with Gasteiger partial charge in [-0.05, 0) is 73.5 Å². The fourth-order valence-electron chi connectivity index (χ4n) is 4.19. The Morgan fingerprint density at radius 3 is 2.41 bits per heavy atom. The molecule has 0 saturated heterocycles. The van der Waals surface area contributed by atoms with E-state index in [0.29, 0.717) is 17.4 Å². The highest BCUT2D eigenvalue weighted by atomic mass is 19.1. The molecule has 5 rings (SSSR count). The third-order valence-corrected chi connectivity index (χ3v) is 6.44. The van der Waals surface area contributed by atoms with Crippen molar-refractivity contribution in [2.24, 2.45) is 0 Å². The molecule has 0 aliphatic carbocycles. The Bertz CT molecular complexity index is 1590. The lowest BCUT2D eigenvalue weighted by Crippen LogP contribution is -2.37. The van der Waals surface area contributed by atoms with Crippen molar-refractivity contribution in [1.29, 1.82) is 0 Å². The normalized spacial score (nSPS) is 10.8. The lowest BCUT2D eigenvalue weighted by Gasteiger charge is -2.21. The molecule has 1 N–H and O–H groups in total. The number of amides is 2. The van der Waals surface area contributed by atoms with Crippen LogP contribution in [0.25, 0.3) is 16.9 Å². The number of benzene rings is 3. The van der Waals surface area contributed by atoms with Gasteiger partial charge in [-0.1, -0.05) is 36.4 Å². The summed E-state index contributed by atoms with van der Waals surface area (Å²) in [5.74, 6) is -0.471. The van der Waals surface area contributed by atoms with Crippen LogP contribution in [0.15, 0.2) is 102 Å². The van der Waals surface area contributed by atoms with Gasteiger partial charge in [-0.2, -0.15) is 0 Å². The lowest BCUT2D eigenvalue weighted by atomic mass is 10.1. The van der Waals surface area contributed by atoms with Gasteiger partial charge in [0.15, 0.2) is 0 Å². The van der Waals surface area contributed by atoms with E-state index in [4.69, 9.17) is 9.40 Å². The third-order valence-electron chi connectivity index (χ3n) is 6.44. The number of hydrogen-bond donors (Lipinski definition) is 1. The maximum atomic E-state index is 13.4. The predicted octanol–water partition coefficient (Wildman–Crippen LogP) is 6.17. The van der Waals surface area contributed by atoms with E-state index in [9.17, 15) is 14.0 Å². The molecule has 5 aromatic rings. The standard InChI is InChI=1S/C31H27FN4O3/c1-21-10-15-26(17-22(21)2)36-19-28(23-7-4-3-5-8-23)33-31(36)34-29(37)20-35(18-27-9-6-16-39-27)30(38)24-11-13-25(32)14-12-24/h3-17,19H,18,20H2,1-2H3,(H,33,34,37). The number of nitrogens with zero attached hydrogens (tertiary/aromatic N) is 3. The number of carbonyl (C=O) groups is 2. The molecular formula is C31H27FN4O3. The molecule has 2 amide bonds. The molecule has 0 unspecified atom stereocenters. The highest BCUT2D eigenvalue weighted by Crippen LogP contribution is 2.25. The Balaban J connectivity index is 1.44. The minimum atomic E-state index is -0.450. The number of carbonyl (C=O) groups excluding carboxylic acids is 2. The molecule has 0 atom stereocenters. The van der Waals surface area contributed by atoms with Crippen LogP contribution in [0.1, 0.15) is 27.2 Å². The second kappa shape index (κ2) is 11.2. The van der Waals surface area contributed by atoms with E-state index < -0.39 is 17.6 Å². The van der Waals surface area contributed by atoms with Crippen molar-refractivity contribution in [2.45, 2.75) is 20.4 Å². The molecule has 0 fully saturated rings. The number of halogens is 1. The highest BCUT2D eigenvalue weighted by molar-refractivity contribution is 5.99. The van der Waals surface area contributed by atoms with Crippen LogP contribution in [0.3, 0.4) is 0 Å². The Hall–Kier alpha value is -4.98. The number of rotatable bonds is 8. The summed E-state index contributed by atoms with van der Waals surface area (Å²) < 4.78 is 20.7. The molecule has 0 saturated carbocycles. The minimum Gasteiger partial charge on any atom is -0.467 e. The lowest BCUT2D eigenvalue weighted by molar-refractivity contribution is -0.117. The number of nitrogens with one attached hydrogen (secondary N) is 1. The number of anilines is 1. The number of furan rings is 1. The van der Waals surface area contributed by atoms with Crippen molar-refractivity contribution in [1.82, 2.24) is 14.5 Å². The van der Waals surface area contributed by atoms with Gasteiger partial charge in [0.1, 0.15) is 18.1 Å². The van der Waals surface area contributed by atoms with Gasteiger partial charge in [-0.15, -0.1) is 0 Å². The van der Waals surface area contributed by atoms with Crippen LogP contribution in [0.5, 0.6) is 0 Å². The van der Waals surface area contributed by atoms with Crippen molar-refractivity contribution in [3.05, 3.63) is 126 Å². The van der Waals surface area contributed by atoms with E-state index in [0.717, 1.165) is 22.4 Å². The maximum absolute atomic E-state index is 13.4. The third kappa shape index (κ3) is 5.96. The first-order valence-corrected chi connectivity index (χ1v) is 12.5. The summed E-state index contributed by atoms with van der Waals surface area (Å²) in [6, 6.07) is 24.3. The van der Waals surface area contributed by atoms with Gasteiger partial charge in [0.05, 0.1) is 18.5 Å². The Morgan fingerprint density at radius 2 is 1.72 bits per heavy atom. The summed E-state index contributed by atoms with van der Waals surface area (Å²) >= 11 is 0. The quantitative estimate of drug-likeness (QED) is 0.264. The van der Waals surface area contributed by atoms with Crippen molar-refractivity contribution < 1.29 is 18.4 Å². The molecule has 0 aliphatic heterocycles. The smallest absolute Gasteiger partial charge is 0.254 e. The summed E-state index contributed by atoms with van der Waals surface area (Å²) in [6.07, 6.45) is 3.38. The number of aromatic nitrogens is 2. The minimum absolute atomic E-state index is 0.0670. The van der Waals surface area contributed by atoms with Gasteiger partial charge in [-0.3, -0.25) is 19.5 Å². The zero-order valence-electron chi connectivity index (χ0n) is 21.6. The van der Waals surface area contributed by atoms with E-state index in [1.807, 2.05) is 73.1 Å². The van der Waals surface area contributed by atoms with E-state index in [2.05, 4.69) is 5.32 Å². The van der Waals surface area contributed by atoms with Crippen molar-refractivity contribution in [2.75, 3.05) is 11.9 Å². The fourth-order valence-corrected chi connectivity index (χ4v) is 4.19. The number of aryl methyl sites for hydroxylation is 2. The van der Waals surface area contributed by atoms with Crippen molar-refractivity contribution in [3.8, 4) is 16.9 Å². The van der Waals surface area contributed by atoms with Crippen molar-refractivity contribution >= 4 is 17.8 Å². The second-order valence-corrected chi connectivity index (χ2v) is 9.25. The van der Waals surface area contributed by atoms with Gasteiger partial charge < -0.3 is 9.32 Å². The predicted molar refractivity (Wildman–Crippen MR) is 147 cm³/mol. The first-order valence-electron chi connectivity index (χ1n) is 12.5. The SMILES string of the molecule is Cc1ccc(-n2cc(-c3ccccc3)nc2NC(=O)CN(Cc2ccco2)C(=O)c2ccc(F)cc2)cc1C. The first-order chi connectivity index (χ1) is 18.9. The Labute approximate surface area is 225 Å². The fraction of sp³-hybridized carbons (Fsp3) is 0.129. The topological polar surface area (TPSA) is 80.4 Å². The average molecular weight is 523 g/mol. The summed E-state index contributed by atoms with van der Waals surface area (Å²) in [6.45, 7) is 3.87. The van der Waals surface area contributed by atoms with Crippen LogP contribution >= 0.6 is 0 Å². The molecule has 7 nitrogen and oxygen atoms in total. The molecule has 8 heteroatoms. The van der Waals surface area contributed by atoms with Crippen LogP contribution in [0.4, 0.5) is 10.3 Å². The van der Waals surface area contributed by atoms with Crippen LogP contribution in [-0.4, -0.2) is 32.8 Å². The first kappa shape index (κ1) is 25.7. The van der Waals surface area contributed by atoms with Gasteiger partial charge in [-0.25, -0.2) is 9.37 Å². The molecule has 3 aromatic carbocycles. The van der Waals surface area contributed by atoms with E-state index in [1.165, 1.54) is 35.4 Å². The van der Waals surface area contributed by atoms with Crippen molar-refractivity contribution in [3.63, 3.8) is 0 Å². The zero-order valence-corrected chi connectivity index (χ0v) is 21.6. The van der Waals surface area contributed by atoms with Gasteiger partial charge in [0, 0.05) is 23.0 Å². The van der Waals surface area contributed by atoms with Crippen LogP contribution in [0.2, 0.25) is 0 Å². The van der Waals surface area contributed by atoms with E-state index >= 15 is 0 Å². The van der Waals surface area contributed by atoms with Gasteiger partial charge in [0.2, 0.25) is 11.9 Å². The van der Waals surface area contributed by atoms with Crippen LogP contribution in [-0.2, 0) is 11.3 Å². The molecule has 2 heterocycles. The molecule has 0 bridgehead atoms. The molecular weight excluding hydrogens is 495 g/mol.